The fourth-order valence-corrected chi connectivity index (χ4v) is 3.66. The first-order valence-corrected chi connectivity index (χ1v) is 8.08. The summed E-state index contributed by atoms with van der Waals surface area (Å²) in [7, 11) is 0. The van der Waals surface area contributed by atoms with Crippen LogP contribution in [0, 0.1) is 5.92 Å². The SMILES string of the molecule is CC(N)=NCC1CCc2c(cccc2-c2ccsc2)C1. The molecule has 104 valence electrons. The molecule has 3 heteroatoms. The molecule has 3 rings (SSSR count). The molecule has 2 aromatic rings. The Kier molecular flexibility index (Phi) is 3.88. The number of rotatable bonds is 3. The number of amidine groups is 1. The van der Waals surface area contributed by atoms with Crippen molar-refractivity contribution in [1.82, 2.24) is 0 Å². The minimum absolute atomic E-state index is 0.638. The van der Waals surface area contributed by atoms with Crippen LogP contribution in [-0.4, -0.2) is 12.4 Å². The van der Waals surface area contributed by atoms with Gasteiger partial charge in [0, 0.05) is 6.54 Å². The number of thiophene rings is 1. The van der Waals surface area contributed by atoms with Gasteiger partial charge in [-0.05, 0) is 71.2 Å². The van der Waals surface area contributed by atoms with E-state index in [9.17, 15) is 0 Å². The smallest absolute Gasteiger partial charge is 0.0905 e. The molecule has 1 aromatic carbocycles. The Morgan fingerprint density at radius 3 is 3.05 bits per heavy atom. The summed E-state index contributed by atoms with van der Waals surface area (Å²) in [5.41, 5.74) is 11.5. The molecule has 0 fully saturated rings. The summed E-state index contributed by atoms with van der Waals surface area (Å²) in [6.07, 6.45) is 3.50. The van der Waals surface area contributed by atoms with Crippen molar-refractivity contribution in [3.63, 3.8) is 0 Å². The Labute approximate surface area is 124 Å². The molecule has 0 bridgehead atoms. The second kappa shape index (κ2) is 5.80. The number of benzene rings is 1. The van der Waals surface area contributed by atoms with E-state index in [-0.39, 0.29) is 0 Å². The molecular formula is C17H20N2S. The molecule has 0 spiro atoms. The van der Waals surface area contributed by atoms with E-state index in [1.165, 1.54) is 28.7 Å². The third-order valence-electron chi connectivity index (χ3n) is 4.02. The Hall–Kier alpha value is -1.61. The summed E-state index contributed by atoms with van der Waals surface area (Å²) in [5, 5.41) is 4.39. The summed E-state index contributed by atoms with van der Waals surface area (Å²) in [6.45, 7) is 2.73. The van der Waals surface area contributed by atoms with Crippen molar-refractivity contribution in [2.24, 2.45) is 16.6 Å². The number of nitrogens with two attached hydrogens (primary N) is 1. The molecule has 1 unspecified atom stereocenters. The average molecular weight is 284 g/mol. The van der Waals surface area contributed by atoms with E-state index in [0.29, 0.717) is 11.8 Å². The minimum atomic E-state index is 0.638. The maximum absolute atomic E-state index is 5.64. The van der Waals surface area contributed by atoms with Crippen LogP contribution in [0.4, 0.5) is 0 Å². The lowest BCUT2D eigenvalue weighted by Gasteiger charge is -2.25. The van der Waals surface area contributed by atoms with Gasteiger partial charge < -0.3 is 5.73 Å². The molecule has 0 saturated carbocycles. The predicted octanol–water partition coefficient (Wildman–Crippen LogP) is 3.90. The van der Waals surface area contributed by atoms with Gasteiger partial charge in [-0.3, -0.25) is 4.99 Å². The van der Waals surface area contributed by atoms with E-state index in [1.54, 1.807) is 11.3 Å². The zero-order valence-corrected chi connectivity index (χ0v) is 12.6. The fourth-order valence-electron chi connectivity index (χ4n) is 3.00. The molecule has 0 aliphatic heterocycles. The van der Waals surface area contributed by atoms with Gasteiger partial charge in [0.05, 0.1) is 5.84 Å². The van der Waals surface area contributed by atoms with Crippen LogP contribution in [-0.2, 0) is 12.8 Å². The number of hydrogen-bond donors (Lipinski definition) is 1. The lowest BCUT2D eigenvalue weighted by Crippen LogP contribution is -2.19. The van der Waals surface area contributed by atoms with E-state index in [1.807, 2.05) is 6.92 Å². The molecule has 0 amide bonds. The van der Waals surface area contributed by atoms with Crippen LogP contribution in [0.3, 0.4) is 0 Å². The van der Waals surface area contributed by atoms with Crippen LogP contribution in [0.25, 0.3) is 11.1 Å². The summed E-state index contributed by atoms with van der Waals surface area (Å²) >= 11 is 1.77. The van der Waals surface area contributed by atoms with Crippen LogP contribution in [0.1, 0.15) is 24.5 Å². The van der Waals surface area contributed by atoms with E-state index in [0.717, 1.165) is 19.4 Å². The standard InChI is InChI=1S/C17H20N2S/c1-12(18)19-10-13-5-6-17-14(9-13)3-2-4-16(17)15-7-8-20-11-15/h2-4,7-8,11,13H,5-6,9-10H2,1H3,(H2,18,19). The van der Waals surface area contributed by atoms with Gasteiger partial charge in [-0.2, -0.15) is 11.3 Å². The topological polar surface area (TPSA) is 38.4 Å². The van der Waals surface area contributed by atoms with Crippen molar-refractivity contribution in [3.8, 4) is 11.1 Å². The highest BCUT2D eigenvalue weighted by Gasteiger charge is 2.20. The van der Waals surface area contributed by atoms with Gasteiger partial charge in [0.2, 0.25) is 0 Å². The van der Waals surface area contributed by atoms with E-state index in [2.05, 4.69) is 40.0 Å². The number of fused-ring (bicyclic) bond motifs is 1. The average Bonchev–Trinajstić information content (AvgIpc) is 2.98. The second-order valence-electron chi connectivity index (χ2n) is 5.55. The van der Waals surface area contributed by atoms with Gasteiger partial charge in [-0.1, -0.05) is 18.2 Å². The first-order valence-electron chi connectivity index (χ1n) is 7.14. The fraction of sp³-hybridized carbons (Fsp3) is 0.353. The largest absolute Gasteiger partial charge is 0.388 e. The normalized spacial score (nSPS) is 18.9. The molecular weight excluding hydrogens is 264 g/mol. The van der Waals surface area contributed by atoms with Gasteiger partial charge in [0.1, 0.15) is 0 Å². The van der Waals surface area contributed by atoms with Crippen molar-refractivity contribution in [2.75, 3.05) is 6.54 Å². The molecule has 20 heavy (non-hydrogen) atoms. The van der Waals surface area contributed by atoms with Gasteiger partial charge in [0.15, 0.2) is 0 Å². The highest BCUT2D eigenvalue weighted by Crippen LogP contribution is 2.34. The lowest BCUT2D eigenvalue weighted by molar-refractivity contribution is 0.470. The molecule has 1 atom stereocenters. The van der Waals surface area contributed by atoms with E-state index in [4.69, 9.17) is 5.73 Å². The van der Waals surface area contributed by atoms with Gasteiger partial charge in [-0.15, -0.1) is 0 Å². The molecule has 2 N–H and O–H groups in total. The first-order chi connectivity index (χ1) is 9.74. The molecule has 0 saturated heterocycles. The Morgan fingerprint density at radius 1 is 1.40 bits per heavy atom. The van der Waals surface area contributed by atoms with Gasteiger partial charge in [0.25, 0.3) is 0 Å². The van der Waals surface area contributed by atoms with E-state index < -0.39 is 0 Å². The summed E-state index contributed by atoms with van der Waals surface area (Å²) in [5.74, 6) is 1.33. The Bertz CT molecular complexity index is 610. The summed E-state index contributed by atoms with van der Waals surface area (Å²) in [6, 6.07) is 8.93. The maximum Gasteiger partial charge on any atom is 0.0905 e. The predicted molar refractivity (Wildman–Crippen MR) is 87.4 cm³/mol. The van der Waals surface area contributed by atoms with Crippen molar-refractivity contribution >= 4 is 17.2 Å². The zero-order valence-electron chi connectivity index (χ0n) is 11.8. The molecule has 1 aromatic heterocycles. The Morgan fingerprint density at radius 2 is 2.30 bits per heavy atom. The van der Waals surface area contributed by atoms with Gasteiger partial charge in [-0.25, -0.2) is 0 Å². The van der Waals surface area contributed by atoms with Crippen LogP contribution in [0.5, 0.6) is 0 Å². The second-order valence-corrected chi connectivity index (χ2v) is 6.33. The maximum atomic E-state index is 5.64. The number of nitrogens with zero attached hydrogens (tertiary/aromatic N) is 1. The van der Waals surface area contributed by atoms with Crippen LogP contribution in [0.2, 0.25) is 0 Å². The third-order valence-corrected chi connectivity index (χ3v) is 4.70. The Balaban J connectivity index is 1.85. The number of aliphatic imine (C=N–C) groups is 1. The van der Waals surface area contributed by atoms with Crippen molar-refractivity contribution < 1.29 is 0 Å². The van der Waals surface area contributed by atoms with E-state index >= 15 is 0 Å². The van der Waals surface area contributed by atoms with Gasteiger partial charge >= 0.3 is 0 Å². The minimum Gasteiger partial charge on any atom is -0.388 e. The molecule has 2 nitrogen and oxygen atoms in total. The number of hydrogen-bond acceptors (Lipinski definition) is 2. The lowest BCUT2D eigenvalue weighted by atomic mass is 9.81. The molecule has 1 heterocycles. The van der Waals surface area contributed by atoms with Crippen molar-refractivity contribution in [1.29, 1.82) is 0 Å². The van der Waals surface area contributed by atoms with Crippen molar-refractivity contribution in [2.45, 2.75) is 26.2 Å². The third kappa shape index (κ3) is 2.78. The van der Waals surface area contributed by atoms with Crippen LogP contribution in [0.15, 0.2) is 40.0 Å². The molecule has 1 aliphatic rings. The molecule has 1 aliphatic carbocycles. The first kappa shape index (κ1) is 13.4. The highest BCUT2D eigenvalue weighted by molar-refractivity contribution is 7.08. The highest BCUT2D eigenvalue weighted by atomic mass is 32.1. The van der Waals surface area contributed by atoms with Crippen molar-refractivity contribution in [3.05, 3.63) is 46.2 Å². The van der Waals surface area contributed by atoms with Crippen LogP contribution >= 0.6 is 11.3 Å². The summed E-state index contributed by atoms with van der Waals surface area (Å²) < 4.78 is 0. The quantitative estimate of drug-likeness (QED) is 0.674. The zero-order chi connectivity index (χ0) is 13.9. The molecule has 0 radical (unpaired) electrons. The van der Waals surface area contributed by atoms with Crippen LogP contribution < -0.4 is 5.73 Å². The summed E-state index contributed by atoms with van der Waals surface area (Å²) in [4.78, 5) is 4.39. The monoisotopic (exact) mass is 284 g/mol.